The Morgan fingerprint density at radius 3 is 2.35 bits per heavy atom. The standard InChI is InChI=1S/C15H27NO/c1-11-8-9-16(10-12(11)2)15(17)13(3)14-6-4-5-7-14/h11-14H,4-10H2,1-3H3. The lowest BCUT2D eigenvalue weighted by atomic mass is 9.86. The molecule has 0 aromatic carbocycles. The molecule has 2 nitrogen and oxygen atoms in total. The molecule has 2 heteroatoms. The van der Waals surface area contributed by atoms with E-state index < -0.39 is 0 Å². The number of amides is 1. The molecular formula is C15H27NO. The molecule has 17 heavy (non-hydrogen) atoms. The molecule has 0 bridgehead atoms. The fourth-order valence-electron chi connectivity index (χ4n) is 3.41. The number of likely N-dealkylation sites (tertiary alicyclic amines) is 1. The highest BCUT2D eigenvalue weighted by Gasteiger charge is 2.32. The second-order valence-corrected chi connectivity index (χ2v) is 6.36. The zero-order valence-corrected chi connectivity index (χ0v) is 11.6. The van der Waals surface area contributed by atoms with Crippen LogP contribution < -0.4 is 0 Å². The number of carbonyl (C=O) groups is 1. The van der Waals surface area contributed by atoms with Crippen LogP contribution in [0.1, 0.15) is 52.9 Å². The monoisotopic (exact) mass is 237 g/mol. The Morgan fingerprint density at radius 2 is 1.76 bits per heavy atom. The summed E-state index contributed by atoms with van der Waals surface area (Å²) in [5, 5.41) is 0. The topological polar surface area (TPSA) is 20.3 Å². The molecule has 0 aromatic rings. The van der Waals surface area contributed by atoms with Crippen molar-refractivity contribution in [1.82, 2.24) is 4.90 Å². The van der Waals surface area contributed by atoms with Crippen LogP contribution in [0.4, 0.5) is 0 Å². The van der Waals surface area contributed by atoms with Crippen LogP contribution in [-0.4, -0.2) is 23.9 Å². The van der Waals surface area contributed by atoms with Gasteiger partial charge >= 0.3 is 0 Å². The Hall–Kier alpha value is -0.530. The van der Waals surface area contributed by atoms with Crippen molar-refractivity contribution >= 4 is 5.91 Å². The zero-order valence-electron chi connectivity index (χ0n) is 11.6. The van der Waals surface area contributed by atoms with Crippen molar-refractivity contribution in [2.45, 2.75) is 52.9 Å². The Labute approximate surface area is 106 Å². The van der Waals surface area contributed by atoms with Crippen molar-refractivity contribution in [3.8, 4) is 0 Å². The van der Waals surface area contributed by atoms with Crippen molar-refractivity contribution in [2.24, 2.45) is 23.7 Å². The predicted molar refractivity (Wildman–Crippen MR) is 70.6 cm³/mol. The minimum absolute atomic E-state index is 0.262. The maximum atomic E-state index is 12.5. The molecule has 0 spiro atoms. The van der Waals surface area contributed by atoms with Gasteiger partial charge in [0.1, 0.15) is 0 Å². The van der Waals surface area contributed by atoms with E-state index in [0.29, 0.717) is 17.7 Å². The second-order valence-electron chi connectivity index (χ2n) is 6.36. The number of hydrogen-bond acceptors (Lipinski definition) is 1. The summed E-state index contributed by atoms with van der Waals surface area (Å²) in [5.74, 6) is 2.80. The third-order valence-electron chi connectivity index (χ3n) is 5.14. The zero-order chi connectivity index (χ0) is 12.4. The summed E-state index contributed by atoms with van der Waals surface area (Å²) in [5.41, 5.74) is 0. The van der Waals surface area contributed by atoms with Crippen molar-refractivity contribution in [1.29, 1.82) is 0 Å². The van der Waals surface area contributed by atoms with Crippen LogP contribution in [0.2, 0.25) is 0 Å². The van der Waals surface area contributed by atoms with Gasteiger partial charge in [-0.25, -0.2) is 0 Å². The molecule has 1 saturated heterocycles. The molecule has 1 saturated carbocycles. The Morgan fingerprint density at radius 1 is 1.12 bits per heavy atom. The van der Waals surface area contributed by atoms with Crippen molar-refractivity contribution < 1.29 is 4.79 Å². The van der Waals surface area contributed by atoms with E-state index in [0.717, 1.165) is 19.0 Å². The molecule has 0 aromatic heterocycles. The first-order chi connectivity index (χ1) is 8.09. The molecule has 2 fully saturated rings. The van der Waals surface area contributed by atoms with Gasteiger partial charge in [-0.15, -0.1) is 0 Å². The van der Waals surface area contributed by atoms with E-state index >= 15 is 0 Å². The molecule has 1 aliphatic heterocycles. The summed E-state index contributed by atoms with van der Waals surface area (Å²) in [6.45, 7) is 8.72. The largest absolute Gasteiger partial charge is 0.342 e. The SMILES string of the molecule is CC1CCN(C(=O)C(C)C2CCCC2)CC1C. The average molecular weight is 237 g/mol. The van der Waals surface area contributed by atoms with Gasteiger partial charge < -0.3 is 4.90 Å². The van der Waals surface area contributed by atoms with Crippen molar-refractivity contribution in [2.75, 3.05) is 13.1 Å². The first-order valence-corrected chi connectivity index (χ1v) is 7.38. The van der Waals surface area contributed by atoms with E-state index in [1.165, 1.54) is 32.1 Å². The molecule has 1 amide bonds. The van der Waals surface area contributed by atoms with E-state index in [-0.39, 0.29) is 5.92 Å². The highest BCUT2D eigenvalue weighted by Crippen LogP contribution is 2.33. The van der Waals surface area contributed by atoms with Crippen LogP contribution >= 0.6 is 0 Å². The van der Waals surface area contributed by atoms with Crippen LogP contribution in [-0.2, 0) is 4.79 Å². The smallest absolute Gasteiger partial charge is 0.225 e. The fourth-order valence-corrected chi connectivity index (χ4v) is 3.41. The van der Waals surface area contributed by atoms with Gasteiger partial charge in [-0.2, -0.15) is 0 Å². The van der Waals surface area contributed by atoms with Gasteiger partial charge in [0, 0.05) is 19.0 Å². The predicted octanol–water partition coefficient (Wildman–Crippen LogP) is 3.32. The Kier molecular flexibility index (Phi) is 4.11. The highest BCUT2D eigenvalue weighted by atomic mass is 16.2. The maximum Gasteiger partial charge on any atom is 0.225 e. The summed E-state index contributed by atoms with van der Waals surface area (Å²) < 4.78 is 0. The van der Waals surface area contributed by atoms with Gasteiger partial charge in [0.15, 0.2) is 0 Å². The lowest BCUT2D eigenvalue weighted by molar-refractivity contribution is -0.139. The summed E-state index contributed by atoms with van der Waals surface area (Å²) in [7, 11) is 0. The number of hydrogen-bond donors (Lipinski definition) is 0. The molecule has 2 aliphatic rings. The Balaban J connectivity index is 1.90. The molecule has 98 valence electrons. The third kappa shape index (κ3) is 2.83. The first-order valence-electron chi connectivity index (χ1n) is 7.38. The summed E-state index contributed by atoms with van der Waals surface area (Å²) in [4.78, 5) is 14.6. The van der Waals surface area contributed by atoms with Crippen LogP contribution in [0.15, 0.2) is 0 Å². The maximum absolute atomic E-state index is 12.5. The average Bonchev–Trinajstić information content (AvgIpc) is 2.84. The number of rotatable bonds is 2. The minimum atomic E-state index is 0.262. The molecule has 2 rings (SSSR count). The van der Waals surface area contributed by atoms with Crippen molar-refractivity contribution in [3.05, 3.63) is 0 Å². The fraction of sp³-hybridized carbons (Fsp3) is 0.933. The number of nitrogens with zero attached hydrogens (tertiary/aromatic N) is 1. The number of carbonyl (C=O) groups excluding carboxylic acids is 1. The molecule has 0 radical (unpaired) electrons. The van der Waals surface area contributed by atoms with Gasteiger partial charge in [0.05, 0.1) is 0 Å². The van der Waals surface area contributed by atoms with Gasteiger partial charge in [-0.3, -0.25) is 4.79 Å². The minimum Gasteiger partial charge on any atom is -0.342 e. The normalized spacial score (nSPS) is 32.8. The second kappa shape index (κ2) is 5.41. The summed E-state index contributed by atoms with van der Waals surface area (Å²) in [6, 6.07) is 0. The lowest BCUT2D eigenvalue weighted by Crippen LogP contribution is -2.45. The van der Waals surface area contributed by atoms with Gasteiger partial charge in [-0.1, -0.05) is 33.6 Å². The molecular weight excluding hydrogens is 210 g/mol. The molecule has 3 unspecified atom stereocenters. The molecule has 3 atom stereocenters. The van der Waals surface area contributed by atoms with Crippen LogP contribution in [0.5, 0.6) is 0 Å². The van der Waals surface area contributed by atoms with Crippen molar-refractivity contribution in [3.63, 3.8) is 0 Å². The van der Waals surface area contributed by atoms with Crippen LogP contribution in [0.3, 0.4) is 0 Å². The van der Waals surface area contributed by atoms with E-state index in [1.54, 1.807) is 0 Å². The van der Waals surface area contributed by atoms with E-state index in [9.17, 15) is 4.79 Å². The summed E-state index contributed by atoms with van der Waals surface area (Å²) in [6.07, 6.45) is 6.38. The number of piperidine rings is 1. The van der Waals surface area contributed by atoms with Crippen LogP contribution in [0.25, 0.3) is 0 Å². The quantitative estimate of drug-likeness (QED) is 0.721. The molecule has 1 heterocycles. The molecule has 1 aliphatic carbocycles. The van der Waals surface area contributed by atoms with Gasteiger partial charge in [-0.05, 0) is 37.0 Å². The summed E-state index contributed by atoms with van der Waals surface area (Å²) >= 11 is 0. The van der Waals surface area contributed by atoms with Crippen LogP contribution in [0, 0.1) is 23.7 Å². The first kappa shape index (κ1) is 12.9. The van der Waals surface area contributed by atoms with Gasteiger partial charge in [0.25, 0.3) is 0 Å². The highest BCUT2D eigenvalue weighted by molar-refractivity contribution is 5.79. The Bertz CT molecular complexity index is 270. The molecule has 0 N–H and O–H groups in total. The van der Waals surface area contributed by atoms with E-state index in [4.69, 9.17) is 0 Å². The lowest BCUT2D eigenvalue weighted by Gasteiger charge is -2.37. The third-order valence-corrected chi connectivity index (χ3v) is 5.14. The van der Waals surface area contributed by atoms with Gasteiger partial charge in [0.2, 0.25) is 5.91 Å². The van der Waals surface area contributed by atoms with E-state index in [1.807, 2.05) is 0 Å². The van der Waals surface area contributed by atoms with E-state index in [2.05, 4.69) is 25.7 Å².